The van der Waals surface area contributed by atoms with Gasteiger partial charge >= 0.3 is 0 Å². The van der Waals surface area contributed by atoms with Crippen LogP contribution in [0.2, 0.25) is 0 Å². The number of hydrogen-bond donors (Lipinski definition) is 1. The Morgan fingerprint density at radius 2 is 1.53 bits per heavy atom. The Kier molecular flexibility index (Phi) is 7.18. The van der Waals surface area contributed by atoms with Crippen LogP contribution in [0.15, 0.2) is 48.5 Å². The summed E-state index contributed by atoms with van der Waals surface area (Å²) >= 11 is 0. The molecule has 0 unspecified atom stereocenters. The van der Waals surface area contributed by atoms with E-state index in [-0.39, 0.29) is 17.4 Å². The van der Waals surface area contributed by atoms with E-state index in [4.69, 9.17) is 4.74 Å². The number of amides is 1. The lowest BCUT2D eigenvalue weighted by molar-refractivity contribution is -0.122. The number of ether oxygens (including phenoxy) is 1. The first kappa shape index (κ1) is 23.7. The maximum Gasteiger partial charge on any atom is 0.244 e. The molecule has 0 radical (unpaired) electrons. The molecule has 30 heavy (non-hydrogen) atoms. The lowest BCUT2D eigenvalue weighted by Gasteiger charge is -2.29. The fraction of sp³-hybridized carbons (Fsp3) is 0.435. The summed E-state index contributed by atoms with van der Waals surface area (Å²) in [5, 5.41) is 2.93. The molecule has 0 aromatic heterocycles. The predicted octanol–water partition coefficient (Wildman–Crippen LogP) is 4.02. The molecule has 0 fully saturated rings. The Labute approximate surface area is 180 Å². The predicted molar refractivity (Wildman–Crippen MR) is 121 cm³/mol. The number of nitrogens with zero attached hydrogens (tertiary/aromatic N) is 1. The average molecular weight is 433 g/mol. The van der Waals surface area contributed by atoms with Gasteiger partial charge in [0.05, 0.1) is 25.1 Å². The molecule has 2 rings (SSSR count). The lowest BCUT2D eigenvalue weighted by atomic mass is 9.86. The van der Waals surface area contributed by atoms with E-state index >= 15 is 0 Å². The van der Waals surface area contributed by atoms with Gasteiger partial charge in [0.1, 0.15) is 11.8 Å². The lowest BCUT2D eigenvalue weighted by Crippen LogP contribution is -2.48. The summed E-state index contributed by atoms with van der Waals surface area (Å²) in [5.41, 5.74) is 2.62. The summed E-state index contributed by atoms with van der Waals surface area (Å²) in [7, 11) is -2.14. The molecule has 0 spiro atoms. The van der Waals surface area contributed by atoms with Crippen LogP contribution in [0.5, 0.6) is 5.75 Å². The fourth-order valence-electron chi connectivity index (χ4n) is 3.23. The van der Waals surface area contributed by atoms with E-state index in [0.717, 1.165) is 16.1 Å². The first-order valence-electron chi connectivity index (χ1n) is 9.89. The first-order valence-corrected chi connectivity index (χ1v) is 11.7. The maximum absolute atomic E-state index is 12.9. The Morgan fingerprint density at radius 1 is 1.00 bits per heavy atom. The molecule has 1 N–H and O–H groups in total. The molecule has 0 saturated heterocycles. The van der Waals surface area contributed by atoms with Gasteiger partial charge in [-0.1, -0.05) is 45.0 Å². The summed E-state index contributed by atoms with van der Waals surface area (Å²) in [6.07, 6.45) is 1.09. The molecule has 2 aromatic carbocycles. The molecule has 7 heteroatoms. The van der Waals surface area contributed by atoms with Crippen LogP contribution in [0.25, 0.3) is 0 Å². The van der Waals surface area contributed by atoms with E-state index in [1.54, 1.807) is 31.2 Å². The van der Waals surface area contributed by atoms with Crippen molar-refractivity contribution in [1.29, 1.82) is 0 Å². The number of nitrogens with one attached hydrogen (secondary N) is 1. The molecule has 2 aromatic rings. The van der Waals surface area contributed by atoms with Crippen molar-refractivity contribution >= 4 is 21.6 Å². The summed E-state index contributed by atoms with van der Waals surface area (Å²) < 4.78 is 31.1. The molecular formula is C23H32N2O4S. The smallest absolute Gasteiger partial charge is 0.244 e. The second-order valence-corrected chi connectivity index (χ2v) is 10.4. The van der Waals surface area contributed by atoms with Crippen LogP contribution < -0.4 is 14.4 Å². The number of rotatable bonds is 7. The molecule has 0 heterocycles. The normalized spacial score (nSPS) is 14.0. The van der Waals surface area contributed by atoms with Crippen molar-refractivity contribution < 1.29 is 17.9 Å². The standard InChI is InChI=1S/C23H32N2O4S/c1-16(18-8-10-19(11-9-18)23(3,4)5)24-22(26)17(2)25(30(7,27)28)20-12-14-21(29-6)15-13-20/h8-17H,1-7H3,(H,24,26)/t16-,17-/m0/s1. The molecule has 2 atom stereocenters. The highest BCUT2D eigenvalue weighted by atomic mass is 32.2. The number of carbonyl (C=O) groups excluding carboxylic acids is 1. The summed E-state index contributed by atoms with van der Waals surface area (Å²) in [5.74, 6) is 0.236. The quantitative estimate of drug-likeness (QED) is 0.717. The molecule has 0 saturated carbocycles. The second-order valence-electron chi connectivity index (χ2n) is 8.54. The molecule has 0 bridgehead atoms. The molecular weight excluding hydrogens is 400 g/mol. The summed E-state index contributed by atoms with van der Waals surface area (Å²) in [6.45, 7) is 9.90. The van der Waals surface area contributed by atoms with Gasteiger partial charge in [0, 0.05) is 0 Å². The van der Waals surface area contributed by atoms with Crippen molar-refractivity contribution in [2.24, 2.45) is 0 Å². The van der Waals surface area contributed by atoms with E-state index in [9.17, 15) is 13.2 Å². The van der Waals surface area contributed by atoms with E-state index in [1.165, 1.54) is 12.7 Å². The van der Waals surface area contributed by atoms with E-state index in [0.29, 0.717) is 11.4 Å². The third-order valence-corrected chi connectivity index (χ3v) is 6.29. The van der Waals surface area contributed by atoms with Crippen LogP contribution in [-0.4, -0.2) is 33.7 Å². The van der Waals surface area contributed by atoms with E-state index < -0.39 is 16.1 Å². The van der Waals surface area contributed by atoms with Gasteiger partial charge in [0.15, 0.2) is 0 Å². The fourth-order valence-corrected chi connectivity index (χ4v) is 4.40. The molecule has 1 amide bonds. The second kappa shape index (κ2) is 9.08. The topological polar surface area (TPSA) is 75.7 Å². The maximum atomic E-state index is 12.9. The Balaban J connectivity index is 2.20. The summed E-state index contributed by atoms with van der Waals surface area (Å²) in [4.78, 5) is 12.9. The zero-order valence-electron chi connectivity index (χ0n) is 18.8. The number of anilines is 1. The van der Waals surface area contributed by atoms with Crippen molar-refractivity contribution in [3.63, 3.8) is 0 Å². The van der Waals surface area contributed by atoms with Gasteiger partial charge in [-0.3, -0.25) is 9.10 Å². The third kappa shape index (κ3) is 5.75. The number of methoxy groups -OCH3 is 1. The van der Waals surface area contributed by atoms with Gasteiger partial charge in [0.2, 0.25) is 15.9 Å². The van der Waals surface area contributed by atoms with Crippen LogP contribution in [0.1, 0.15) is 51.8 Å². The Hall–Kier alpha value is -2.54. The number of hydrogen-bond acceptors (Lipinski definition) is 4. The van der Waals surface area contributed by atoms with Gasteiger partial charge in [-0.2, -0.15) is 0 Å². The van der Waals surface area contributed by atoms with Crippen molar-refractivity contribution in [2.75, 3.05) is 17.7 Å². The van der Waals surface area contributed by atoms with E-state index in [2.05, 4.69) is 38.2 Å². The number of benzene rings is 2. The highest BCUT2D eigenvalue weighted by Crippen LogP contribution is 2.26. The van der Waals surface area contributed by atoms with Crippen LogP contribution in [0.4, 0.5) is 5.69 Å². The Bertz CT molecular complexity index is 962. The monoisotopic (exact) mass is 432 g/mol. The van der Waals surface area contributed by atoms with Crippen LogP contribution in [0, 0.1) is 0 Å². The van der Waals surface area contributed by atoms with Crippen molar-refractivity contribution in [3.8, 4) is 5.75 Å². The van der Waals surface area contributed by atoms with Gasteiger partial charge in [-0.05, 0) is 54.7 Å². The largest absolute Gasteiger partial charge is 0.497 e. The molecule has 0 aliphatic rings. The van der Waals surface area contributed by atoms with Gasteiger partial charge in [-0.15, -0.1) is 0 Å². The molecule has 164 valence electrons. The summed E-state index contributed by atoms with van der Waals surface area (Å²) in [6, 6.07) is 13.5. The van der Waals surface area contributed by atoms with Gasteiger partial charge in [0.25, 0.3) is 0 Å². The third-order valence-electron chi connectivity index (χ3n) is 5.05. The van der Waals surface area contributed by atoms with Crippen LogP contribution in [0.3, 0.4) is 0 Å². The zero-order chi connectivity index (χ0) is 22.7. The first-order chi connectivity index (χ1) is 13.8. The number of carbonyl (C=O) groups is 1. The highest BCUT2D eigenvalue weighted by Gasteiger charge is 2.30. The van der Waals surface area contributed by atoms with Crippen molar-refractivity contribution in [1.82, 2.24) is 5.32 Å². The van der Waals surface area contributed by atoms with E-state index in [1.807, 2.05) is 19.1 Å². The van der Waals surface area contributed by atoms with Crippen molar-refractivity contribution in [3.05, 3.63) is 59.7 Å². The zero-order valence-corrected chi connectivity index (χ0v) is 19.6. The molecule has 6 nitrogen and oxygen atoms in total. The minimum Gasteiger partial charge on any atom is -0.497 e. The van der Waals surface area contributed by atoms with Crippen molar-refractivity contribution in [2.45, 2.75) is 52.1 Å². The minimum absolute atomic E-state index is 0.0495. The highest BCUT2D eigenvalue weighted by molar-refractivity contribution is 7.92. The molecule has 0 aliphatic carbocycles. The van der Waals surface area contributed by atoms with Gasteiger partial charge in [-0.25, -0.2) is 8.42 Å². The SMILES string of the molecule is COc1ccc(N([C@@H](C)C(=O)N[C@@H](C)c2ccc(C(C)(C)C)cc2)S(C)(=O)=O)cc1. The van der Waals surface area contributed by atoms with Crippen LogP contribution in [-0.2, 0) is 20.2 Å². The number of sulfonamides is 1. The average Bonchev–Trinajstić information content (AvgIpc) is 2.66. The molecule has 0 aliphatic heterocycles. The van der Waals surface area contributed by atoms with Gasteiger partial charge < -0.3 is 10.1 Å². The van der Waals surface area contributed by atoms with Crippen LogP contribution >= 0.6 is 0 Å². The Morgan fingerprint density at radius 3 is 1.97 bits per heavy atom. The minimum atomic E-state index is -3.67.